The lowest BCUT2D eigenvalue weighted by atomic mass is 10.0. The summed E-state index contributed by atoms with van der Waals surface area (Å²) in [6.07, 6.45) is 1.29. The second-order valence-corrected chi connectivity index (χ2v) is 5.53. The minimum atomic E-state index is -0.970. The number of pyridine rings is 1. The van der Waals surface area contributed by atoms with Gasteiger partial charge in [0.15, 0.2) is 5.75 Å². The highest BCUT2D eigenvalue weighted by Gasteiger charge is 2.35. The highest BCUT2D eigenvalue weighted by Crippen LogP contribution is 2.25. The minimum absolute atomic E-state index is 0.0295. The van der Waals surface area contributed by atoms with Gasteiger partial charge in [-0.3, -0.25) is 14.4 Å². The molecule has 0 spiro atoms. The van der Waals surface area contributed by atoms with E-state index in [1.807, 2.05) is 0 Å². The lowest BCUT2D eigenvalue weighted by Crippen LogP contribution is -2.52. The molecule has 3 rings (SSSR count). The summed E-state index contributed by atoms with van der Waals surface area (Å²) >= 11 is 0. The number of halogens is 1. The molecule has 2 aromatic rings. The molecular weight excluding hydrogens is 329 g/mol. The fourth-order valence-electron chi connectivity index (χ4n) is 2.79. The van der Waals surface area contributed by atoms with Crippen LogP contribution in [0.15, 0.2) is 41.3 Å². The van der Waals surface area contributed by atoms with E-state index in [1.165, 1.54) is 36.4 Å². The number of nitrogens with one attached hydrogen (secondary N) is 2. The molecule has 2 N–H and O–H groups in total. The SMILES string of the molecule is COc1c[nH]c(C(=O)N2CCNC(=O)[C@@H]2c2cccc(F)c2)cc1=O. The molecule has 0 saturated carbocycles. The lowest BCUT2D eigenvalue weighted by molar-refractivity contribution is -0.128. The quantitative estimate of drug-likeness (QED) is 0.862. The van der Waals surface area contributed by atoms with Gasteiger partial charge in [0.05, 0.1) is 7.11 Å². The Morgan fingerprint density at radius 2 is 2.12 bits per heavy atom. The average molecular weight is 345 g/mol. The molecular formula is C17H16FN3O4. The van der Waals surface area contributed by atoms with E-state index in [0.717, 1.165) is 6.07 Å². The van der Waals surface area contributed by atoms with Gasteiger partial charge in [0.25, 0.3) is 5.91 Å². The molecule has 0 bridgehead atoms. The molecule has 8 heteroatoms. The number of H-pyrrole nitrogens is 1. The zero-order valence-electron chi connectivity index (χ0n) is 13.4. The van der Waals surface area contributed by atoms with Crippen molar-refractivity contribution >= 4 is 11.8 Å². The maximum atomic E-state index is 13.5. The van der Waals surface area contributed by atoms with E-state index in [-0.39, 0.29) is 24.5 Å². The molecule has 1 atom stereocenters. The fourth-order valence-corrected chi connectivity index (χ4v) is 2.79. The standard InChI is InChI=1S/C17H16FN3O4/c1-25-14-9-20-12(8-13(14)22)17(24)21-6-5-19-16(23)15(21)10-3-2-4-11(18)7-10/h2-4,7-9,15H,5-6H2,1H3,(H,19,23)(H,20,22)/t15-/m0/s1. The summed E-state index contributed by atoms with van der Waals surface area (Å²) in [7, 11) is 1.35. The molecule has 2 amide bonds. The van der Waals surface area contributed by atoms with Crippen LogP contribution < -0.4 is 15.5 Å². The highest BCUT2D eigenvalue weighted by molar-refractivity contribution is 5.97. The van der Waals surface area contributed by atoms with Gasteiger partial charge in [-0.2, -0.15) is 0 Å². The topological polar surface area (TPSA) is 91.5 Å². The Bertz CT molecular complexity index is 880. The predicted octanol–water partition coefficient (Wildman–Crippen LogP) is 0.836. The number of rotatable bonds is 3. The smallest absolute Gasteiger partial charge is 0.271 e. The predicted molar refractivity (Wildman–Crippen MR) is 86.8 cm³/mol. The number of piperazine rings is 1. The van der Waals surface area contributed by atoms with Crippen LogP contribution in [0.3, 0.4) is 0 Å². The van der Waals surface area contributed by atoms with Crippen LogP contribution in [0, 0.1) is 5.82 Å². The second kappa shape index (κ2) is 6.76. The van der Waals surface area contributed by atoms with E-state index in [1.54, 1.807) is 6.07 Å². The number of hydrogen-bond acceptors (Lipinski definition) is 4. The number of benzene rings is 1. The van der Waals surface area contributed by atoms with E-state index in [4.69, 9.17) is 4.74 Å². The van der Waals surface area contributed by atoms with E-state index < -0.39 is 29.1 Å². The van der Waals surface area contributed by atoms with Crippen molar-refractivity contribution in [3.8, 4) is 5.75 Å². The maximum Gasteiger partial charge on any atom is 0.271 e. The van der Waals surface area contributed by atoms with Gasteiger partial charge in [-0.25, -0.2) is 4.39 Å². The third-order valence-corrected chi connectivity index (χ3v) is 3.96. The third kappa shape index (κ3) is 3.23. The van der Waals surface area contributed by atoms with Crippen LogP contribution in [-0.4, -0.2) is 41.9 Å². The Morgan fingerprint density at radius 3 is 2.80 bits per heavy atom. The van der Waals surface area contributed by atoms with Crippen molar-refractivity contribution in [3.63, 3.8) is 0 Å². The minimum Gasteiger partial charge on any atom is -0.491 e. The van der Waals surface area contributed by atoms with Crippen LogP contribution in [0.25, 0.3) is 0 Å². The van der Waals surface area contributed by atoms with Crippen LogP contribution in [0.1, 0.15) is 22.1 Å². The number of ether oxygens (including phenoxy) is 1. The van der Waals surface area contributed by atoms with Crippen LogP contribution >= 0.6 is 0 Å². The van der Waals surface area contributed by atoms with Gasteiger partial charge in [-0.1, -0.05) is 12.1 Å². The van der Waals surface area contributed by atoms with E-state index in [9.17, 15) is 18.8 Å². The molecule has 1 aromatic carbocycles. The molecule has 1 saturated heterocycles. The van der Waals surface area contributed by atoms with Crippen LogP contribution in [-0.2, 0) is 4.79 Å². The van der Waals surface area contributed by atoms with E-state index in [0.29, 0.717) is 5.56 Å². The molecule has 1 fully saturated rings. The molecule has 0 radical (unpaired) electrons. The highest BCUT2D eigenvalue weighted by atomic mass is 19.1. The van der Waals surface area contributed by atoms with Gasteiger partial charge in [0.1, 0.15) is 17.6 Å². The number of aromatic nitrogens is 1. The first-order valence-electron chi connectivity index (χ1n) is 7.62. The zero-order chi connectivity index (χ0) is 18.0. The van der Waals surface area contributed by atoms with Crippen molar-refractivity contribution in [2.24, 2.45) is 0 Å². The van der Waals surface area contributed by atoms with Gasteiger partial charge < -0.3 is 19.9 Å². The van der Waals surface area contributed by atoms with Gasteiger partial charge in [-0.05, 0) is 17.7 Å². The summed E-state index contributed by atoms with van der Waals surface area (Å²) in [6.45, 7) is 0.511. The Morgan fingerprint density at radius 1 is 1.32 bits per heavy atom. The van der Waals surface area contributed by atoms with E-state index >= 15 is 0 Å². The number of carbonyl (C=O) groups excluding carboxylic acids is 2. The first-order valence-corrected chi connectivity index (χ1v) is 7.62. The Kier molecular flexibility index (Phi) is 4.51. The summed E-state index contributed by atoms with van der Waals surface area (Å²) in [4.78, 5) is 41.0. The zero-order valence-corrected chi connectivity index (χ0v) is 13.4. The molecule has 25 heavy (non-hydrogen) atoms. The van der Waals surface area contributed by atoms with Crippen molar-refractivity contribution < 1.29 is 18.7 Å². The van der Waals surface area contributed by atoms with Gasteiger partial charge in [0.2, 0.25) is 11.3 Å². The normalized spacial score (nSPS) is 17.1. The van der Waals surface area contributed by atoms with Gasteiger partial charge in [0, 0.05) is 25.4 Å². The summed E-state index contributed by atoms with van der Waals surface area (Å²) in [6, 6.07) is 5.68. The summed E-state index contributed by atoms with van der Waals surface area (Å²) in [5, 5.41) is 2.67. The first-order chi connectivity index (χ1) is 12.0. The molecule has 2 heterocycles. The molecule has 130 valence electrons. The summed E-state index contributed by atoms with van der Waals surface area (Å²) in [5.41, 5.74) is -0.0586. The number of methoxy groups -OCH3 is 1. The maximum absolute atomic E-state index is 13.5. The molecule has 1 aliphatic rings. The van der Waals surface area contributed by atoms with Gasteiger partial charge >= 0.3 is 0 Å². The van der Waals surface area contributed by atoms with Crippen LogP contribution in [0.4, 0.5) is 4.39 Å². The molecule has 1 aliphatic heterocycles. The van der Waals surface area contributed by atoms with Gasteiger partial charge in [-0.15, -0.1) is 0 Å². The number of hydrogen-bond donors (Lipinski definition) is 2. The van der Waals surface area contributed by atoms with E-state index in [2.05, 4.69) is 10.3 Å². The largest absolute Gasteiger partial charge is 0.491 e. The summed E-state index contributed by atoms with van der Waals surface area (Å²) in [5.74, 6) is -1.35. The number of aromatic amines is 1. The van der Waals surface area contributed by atoms with Crippen molar-refractivity contribution in [2.45, 2.75) is 6.04 Å². The molecule has 0 unspecified atom stereocenters. The third-order valence-electron chi connectivity index (χ3n) is 3.96. The Balaban J connectivity index is 1.97. The Labute approximate surface area is 142 Å². The lowest BCUT2D eigenvalue weighted by Gasteiger charge is -2.35. The fraction of sp³-hybridized carbons (Fsp3) is 0.235. The monoisotopic (exact) mass is 345 g/mol. The molecule has 7 nitrogen and oxygen atoms in total. The van der Waals surface area contributed by atoms with Crippen molar-refractivity contribution in [1.82, 2.24) is 15.2 Å². The van der Waals surface area contributed by atoms with Crippen LogP contribution in [0.2, 0.25) is 0 Å². The van der Waals surface area contributed by atoms with Crippen molar-refractivity contribution in [2.75, 3.05) is 20.2 Å². The summed E-state index contributed by atoms with van der Waals surface area (Å²) < 4.78 is 18.4. The van der Waals surface area contributed by atoms with Crippen molar-refractivity contribution in [3.05, 3.63) is 63.8 Å². The molecule has 1 aromatic heterocycles. The Hall–Kier alpha value is -3.16. The van der Waals surface area contributed by atoms with Crippen LogP contribution in [0.5, 0.6) is 5.75 Å². The number of carbonyl (C=O) groups is 2. The second-order valence-electron chi connectivity index (χ2n) is 5.53. The number of amides is 2. The first kappa shape index (κ1) is 16.7. The van der Waals surface area contributed by atoms with Crippen molar-refractivity contribution in [1.29, 1.82) is 0 Å². The average Bonchev–Trinajstić information content (AvgIpc) is 2.60. The molecule has 0 aliphatic carbocycles. The number of nitrogens with zero attached hydrogens (tertiary/aromatic N) is 1.